The van der Waals surface area contributed by atoms with Gasteiger partial charge in [0.1, 0.15) is 5.60 Å². The van der Waals surface area contributed by atoms with Crippen molar-refractivity contribution in [3.63, 3.8) is 0 Å². The van der Waals surface area contributed by atoms with Crippen molar-refractivity contribution in [2.24, 2.45) is 0 Å². The van der Waals surface area contributed by atoms with E-state index in [1.807, 2.05) is 20.8 Å². The van der Waals surface area contributed by atoms with Crippen molar-refractivity contribution in [1.82, 2.24) is 5.32 Å². The van der Waals surface area contributed by atoms with E-state index in [4.69, 9.17) is 4.74 Å². The Labute approximate surface area is 179 Å². The molecule has 2 aliphatic rings. The lowest BCUT2D eigenvalue weighted by molar-refractivity contribution is 0.0319. The molecule has 2 N–H and O–H groups in total. The second kappa shape index (κ2) is 8.31. The molecule has 4 rings (SSSR count). The lowest BCUT2D eigenvalue weighted by Crippen LogP contribution is -2.56. The van der Waals surface area contributed by atoms with Crippen LogP contribution in [0.2, 0.25) is 0 Å². The summed E-state index contributed by atoms with van der Waals surface area (Å²) in [5, 5.41) is 14.3. The van der Waals surface area contributed by atoms with E-state index in [9.17, 15) is 9.90 Å². The zero-order valence-electron chi connectivity index (χ0n) is 18.1. The molecule has 0 spiro atoms. The standard InChI is InChI=1S/C25H32N2O3/c1-25(2,3)30-24(29)26-19-11-8-14-22(23(19)28)27-20-12-6-4-9-17(20)15-16-18-10-5-7-13-21(18)27/h4-7,9-10,12-13,19,22-23,28H,8,11,14-16H2,1-3H3,(H,26,29)/t19-,22+,23+/m0/s1. The number of hydrogen-bond donors (Lipinski definition) is 2. The maximum absolute atomic E-state index is 12.3. The molecule has 0 radical (unpaired) electrons. The number of fused-ring (bicyclic) bond motifs is 2. The largest absolute Gasteiger partial charge is 0.444 e. The third-order valence-corrected chi connectivity index (χ3v) is 6.02. The van der Waals surface area contributed by atoms with Crippen LogP contribution in [0, 0.1) is 0 Å². The Kier molecular flexibility index (Phi) is 5.74. The first-order chi connectivity index (χ1) is 14.3. The molecule has 1 heterocycles. The summed E-state index contributed by atoms with van der Waals surface area (Å²) in [5.41, 5.74) is 4.34. The molecule has 2 aromatic rings. The van der Waals surface area contributed by atoms with Crippen LogP contribution in [-0.4, -0.2) is 35.0 Å². The molecule has 3 atom stereocenters. The summed E-state index contributed by atoms with van der Waals surface area (Å²) >= 11 is 0. The molecule has 1 fully saturated rings. The van der Waals surface area contributed by atoms with E-state index in [0.717, 1.165) is 43.5 Å². The van der Waals surface area contributed by atoms with Crippen LogP contribution >= 0.6 is 0 Å². The fraction of sp³-hybridized carbons (Fsp3) is 0.480. The summed E-state index contributed by atoms with van der Waals surface area (Å²) in [4.78, 5) is 14.7. The van der Waals surface area contributed by atoms with Crippen LogP contribution in [0.5, 0.6) is 0 Å². The van der Waals surface area contributed by atoms with Gasteiger partial charge in [0.25, 0.3) is 0 Å². The molecule has 5 nitrogen and oxygen atoms in total. The molecule has 0 saturated heterocycles. The van der Waals surface area contributed by atoms with Gasteiger partial charge in [-0.2, -0.15) is 0 Å². The number of carbonyl (C=O) groups excluding carboxylic acids is 1. The van der Waals surface area contributed by atoms with Gasteiger partial charge in [-0.25, -0.2) is 4.79 Å². The van der Waals surface area contributed by atoms with E-state index in [-0.39, 0.29) is 12.1 Å². The minimum Gasteiger partial charge on any atom is -0.444 e. The first kappa shape index (κ1) is 20.7. The second-order valence-corrected chi connectivity index (χ2v) is 9.37. The number of carbonyl (C=O) groups is 1. The molecule has 0 aromatic heterocycles. The molecule has 0 bridgehead atoms. The average Bonchev–Trinajstić information content (AvgIpc) is 2.85. The first-order valence-electron chi connectivity index (χ1n) is 11.0. The number of aliphatic hydroxyl groups is 1. The van der Waals surface area contributed by atoms with Crippen molar-refractivity contribution in [1.29, 1.82) is 0 Å². The van der Waals surface area contributed by atoms with Gasteiger partial charge in [-0.1, -0.05) is 36.4 Å². The highest BCUT2D eigenvalue weighted by Crippen LogP contribution is 2.40. The Hall–Kier alpha value is -2.53. The number of alkyl carbamates (subject to hydrolysis) is 1. The lowest BCUT2D eigenvalue weighted by Gasteiger charge is -2.43. The normalized spacial score (nSPS) is 23.7. The molecule has 160 valence electrons. The summed E-state index contributed by atoms with van der Waals surface area (Å²) < 4.78 is 5.43. The Morgan fingerprint density at radius 3 is 2.13 bits per heavy atom. The van der Waals surface area contributed by atoms with Crippen LogP contribution in [0.3, 0.4) is 0 Å². The Bertz CT molecular complexity index is 858. The monoisotopic (exact) mass is 408 g/mol. The molecule has 2 aromatic carbocycles. The number of hydrogen-bond acceptors (Lipinski definition) is 4. The van der Waals surface area contributed by atoms with Crippen LogP contribution in [0.1, 0.15) is 51.2 Å². The summed E-state index contributed by atoms with van der Waals surface area (Å²) in [5.74, 6) is 0. The van der Waals surface area contributed by atoms with Gasteiger partial charge in [0.15, 0.2) is 0 Å². The number of aryl methyl sites for hydroxylation is 2. The molecule has 1 aliphatic carbocycles. The van der Waals surface area contributed by atoms with Crippen molar-refractivity contribution in [2.75, 3.05) is 4.90 Å². The van der Waals surface area contributed by atoms with Gasteiger partial charge in [0.05, 0.1) is 18.2 Å². The van der Waals surface area contributed by atoms with Crippen molar-refractivity contribution < 1.29 is 14.6 Å². The maximum Gasteiger partial charge on any atom is 0.407 e. The molecule has 5 heteroatoms. The fourth-order valence-corrected chi connectivity index (χ4v) is 4.73. The van der Waals surface area contributed by atoms with E-state index in [2.05, 4.69) is 58.7 Å². The molecule has 0 unspecified atom stereocenters. The predicted molar refractivity (Wildman–Crippen MR) is 119 cm³/mol. The highest BCUT2D eigenvalue weighted by molar-refractivity contribution is 5.72. The fourth-order valence-electron chi connectivity index (χ4n) is 4.73. The number of ether oxygens (including phenoxy) is 1. The molecular weight excluding hydrogens is 376 g/mol. The zero-order valence-corrected chi connectivity index (χ0v) is 18.1. The summed E-state index contributed by atoms with van der Waals surface area (Å²) in [6.45, 7) is 5.54. The van der Waals surface area contributed by atoms with Crippen LogP contribution in [0.25, 0.3) is 0 Å². The van der Waals surface area contributed by atoms with E-state index in [0.29, 0.717) is 0 Å². The smallest absolute Gasteiger partial charge is 0.407 e. The minimum absolute atomic E-state index is 0.112. The van der Waals surface area contributed by atoms with Gasteiger partial charge >= 0.3 is 6.09 Å². The van der Waals surface area contributed by atoms with E-state index >= 15 is 0 Å². The summed E-state index contributed by atoms with van der Waals surface area (Å²) in [6, 6.07) is 16.5. The van der Waals surface area contributed by atoms with Crippen molar-refractivity contribution in [3.8, 4) is 0 Å². The zero-order chi connectivity index (χ0) is 21.3. The SMILES string of the molecule is CC(C)(C)OC(=O)N[C@H]1CCC[C@@H](N2c3ccccc3CCc3ccccc32)[C@@H]1O. The second-order valence-electron chi connectivity index (χ2n) is 9.37. The number of para-hydroxylation sites is 2. The van der Waals surface area contributed by atoms with Gasteiger partial charge in [-0.05, 0) is 76.1 Å². The average molecular weight is 409 g/mol. The van der Waals surface area contributed by atoms with Crippen molar-refractivity contribution in [2.45, 2.75) is 76.7 Å². The number of nitrogens with one attached hydrogen (secondary N) is 1. The van der Waals surface area contributed by atoms with E-state index < -0.39 is 17.8 Å². The Balaban J connectivity index is 1.65. The predicted octanol–water partition coefficient (Wildman–Crippen LogP) is 4.73. The number of nitrogens with zero attached hydrogens (tertiary/aromatic N) is 1. The number of benzene rings is 2. The van der Waals surface area contributed by atoms with Gasteiger partial charge in [0, 0.05) is 11.4 Å². The number of amides is 1. The van der Waals surface area contributed by atoms with Crippen LogP contribution < -0.4 is 10.2 Å². The summed E-state index contributed by atoms with van der Waals surface area (Å²) in [6.07, 6.45) is 3.35. The number of aliphatic hydroxyl groups excluding tert-OH is 1. The number of anilines is 2. The highest BCUT2D eigenvalue weighted by atomic mass is 16.6. The quantitative estimate of drug-likeness (QED) is 0.754. The Morgan fingerprint density at radius 2 is 1.57 bits per heavy atom. The Morgan fingerprint density at radius 1 is 1.00 bits per heavy atom. The van der Waals surface area contributed by atoms with Crippen LogP contribution in [0.15, 0.2) is 48.5 Å². The van der Waals surface area contributed by atoms with Crippen molar-refractivity contribution >= 4 is 17.5 Å². The van der Waals surface area contributed by atoms with Gasteiger partial charge < -0.3 is 20.1 Å². The molecule has 1 saturated carbocycles. The summed E-state index contributed by atoms with van der Waals surface area (Å²) in [7, 11) is 0. The van der Waals surface area contributed by atoms with Crippen LogP contribution in [-0.2, 0) is 17.6 Å². The molecule has 30 heavy (non-hydrogen) atoms. The first-order valence-corrected chi connectivity index (χ1v) is 11.0. The molecule has 1 aliphatic heterocycles. The number of rotatable bonds is 2. The maximum atomic E-state index is 12.3. The van der Waals surface area contributed by atoms with Gasteiger partial charge in [-0.15, -0.1) is 0 Å². The minimum atomic E-state index is -0.689. The van der Waals surface area contributed by atoms with Gasteiger partial charge in [-0.3, -0.25) is 0 Å². The highest BCUT2D eigenvalue weighted by Gasteiger charge is 2.39. The van der Waals surface area contributed by atoms with Crippen LogP contribution in [0.4, 0.5) is 16.2 Å². The molecule has 1 amide bonds. The van der Waals surface area contributed by atoms with E-state index in [1.165, 1.54) is 11.1 Å². The lowest BCUT2D eigenvalue weighted by atomic mass is 9.86. The molecular formula is C25H32N2O3. The third kappa shape index (κ3) is 4.31. The van der Waals surface area contributed by atoms with Crippen molar-refractivity contribution in [3.05, 3.63) is 59.7 Å². The van der Waals surface area contributed by atoms with Gasteiger partial charge in [0.2, 0.25) is 0 Å². The third-order valence-electron chi connectivity index (χ3n) is 6.02. The topological polar surface area (TPSA) is 61.8 Å². The van der Waals surface area contributed by atoms with E-state index in [1.54, 1.807) is 0 Å².